The summed E-state index contributed by atoms with van der Waals surface area (Å²) in [5.74, 6) is -0.457. The van der Waals surface area contributed by atoms with E-state index in [9.17, 15) is 26.3 Å². The number of ether oxygens (including phenoxy) is 1. The Kier molecular flexibility index (Phi) is 6.97. The first kappa shape index (κ1) is 23.2. The Balaban J connectivity index is 2.76. The number of aliphatic imine (C=N–C) groups is 1. The summed E-state index contributed by atoms with van der Waals surface area (Å²) in [5, 5.41) is 13.5. The molecule has 0 atom stereocenters. The second-order valence-electron chi connectivity index (χ2n) is 5.07. The van der Waals surface area contributed by atoms with Gasteiger partial charge in [0, 0.05) is 5.56 Å². The van der Waals surface area contributed by atoms with Gasteiger partial charge in [0.25, 0.3) is 0 Å². The number of benzene rings is 1. The van der Waals surface area contributed by atoms with E-state index in [-0.39, 0.29) is 6.61 Å². The monoisotopic (exact) mass is 476 g/mol. The van der Waals surface area contributed by atoms with Gasteiger partial charge in [-0.25, -0.2) is 0 Å². The molecule has 2 aromatic rings. The lowest BCUT2D eigenvalue weighted by molar-refractivity contribution is -0.137. The maximum absolute atomic E-state index is 13.1. The lowest BCUT2D eigenvalue weighted by Crippen LogP contribution is -2.09. The molecule has 0 amide bonds. The normalized spacial score (nSPS) is 12.4. The molecule has 0 saturated heterocycles. The van der Waals surface area contributed by atoms with Crippen LogP contribution in [0.4, 0.5) is 32.2 Å². The number of hydrogen-bond donors (Lipinski definition) is 1. The number of halogens is 8. The van der Waals surface area contributed by atoms with E-state index in [4.69, 9.17) is 33.2 Å². The maximum Gasteiger partial charge on any atom is 0.446 e. The maximum atomic E-state index is 13.1. The van der Waals surface area contributed by atoms with Crippen molar-refractivity contribution in [3.8, 4) is 17.3 Å². The topological polar surface area (TPSA) is 74.1 Å². The van der Waals surface area contributed by atoms with Gasteiger partial charge in [-0.05, 0) is 24.8 Å². The third-order valence-electron chi connectivity index (χ3n) is 3.22. The number of rotatable bonds is 5. The van der Waals surface area contributed by atoms with Gasteiger partial charge in [-0.3, -0.25) is 5.10 Å². The van der Waals surface area contributed by atoms with Crippen molar-refractivity contribution in [3.63, 3.8) is 0 Å². The molecule has 29 heavy (non-hydrogen) atoms. The molecule has 14 heteroatoms. The third kappa shape index (κ3) is 5.29. The molecule has 0 fully saturated rings. The number of alkyl halides is 6. The van der Waals surface area contributed by atoms with Gasteiger partial charge < -0.3 is 4.74 Å². The lowest BCUT2D eigenvalue weighted by atomic mass is 10.0. The summed E-state index contributed by atoms with van der Waals surface area (Å²) < 4.78 is 83.3. The van der Waals surface area contributed by atoms with Crippen LogP contribution in [0.5, 0.6) is 0 Å². The van der Waals surface area contributed by atoms with Gasteiger partial charge in [-0.2, -0.15) is 41.7 Å². The summed E-state index contributed by atoms with van der Waals surface area (Å²) in [4.78, 5) is 3.03. The Bertz CT molecular complexity index is 981. The van der Waals surface area contributed by atoms with E-state index in [0.717, 1.165) is 6.40 Å². The predicted octanol–water partition coefficient (Wildman–Crippen LogP) is 6.58. The quantitative estimate of drug-likeness (QED) is 0.229. The highest BCUT2D eigenvalue weighted by atomic mass is 35.5. The summed E-state index contributed by atoms with van der Waals surface area (Å²) in [6.07, 6.45) is -4.10. The first-order valence-corrected chi connectivity index (χ1v) is 8.95. The fraction of sp³-hybridized carbons (Fsp3) is 0.267. The van der Waals surface area contributed by atoms with Gasteiger partial charge in [0.15, 0.2) is 12.2 Å². The van der Waals surface area contributed by atoms with Gasteiger partial charge in [0.2, 0.25) is 0 Å². The number of hydrogen-bond acceptors (Lipinski definition) is 5. The van der Waals surface area contributed by atoms with Crippen LogP contribution < -0.4 is 0 Å². The highest BCUT2D eigenvalue weighted by Gasteiger charge is 2.38. The van der Waals surface area contributed by atoms with Crippen molar-refractivity contribution in [1.29, 1.82) is 5.26 Å². The number of aromatic amines is 1. The van der Waals surface area contributed by atoms with Crippen LogP contribution >= 0.6 is 35.0 Å². The average Bonchev–Trinajstić information content (AvgIpc) is 2.95. The molecule has 0 aliphatic rings. The smallest absolute Gasteiger partial charge is 0.446 e. The summed E-state index contributed by atoms with van der Waals surface area (Å²) in [5.41, 5.74) is -8.10. The molecule has 2 rings (SSSR count). The molecule has 0 aliphatic heterocycles. The van der Waals surface area contributed by atoms with E-state index >= 15 is 0 Å². The van der Waals surface area contributed by atoms with Crippen molar-refractivity contribution in [2.24, 2.45) is 4.99 Å². The van der Waals surface area contributed by atoms with E-state index in [0.29, 0.717) is 6.07 Å². The van der Waals surface area contributed by atoms with Crippen LogP contribution in [0.2, 0.25) is 10.0 Å². The zero-order valence-electron chi connectivity index (χ0n) is 14.0. The van der Waals surface area contributed by atoms with E-state index in [1.165, 1.54) is 6.07 Å². The zero-order chi connectivity index (χ0) is 22.0. The van der Waals surface area contributed by atoms with Crippen molar-refractivity contribution >= 4 is 47.2 Å². The molecule has 1 heterocycles. The van der Waals surface area contributed by atoms with Gasteiger partial charge in [-0.15, -0.1) is 0 Å². The lowest BCUT2D eigenvalue weighted by Gasteiger charge is -2.15. The largest absolute Gasteiger partial charge is 0.483 e. The first-order valence-electron chi connectivity index (χ1n) is 7.38. The highest BCUT2D eigenvalue weighted by molar-refractivity contribution is 8.00. The van der Waals surface area contributed by atoms with Crippen molar-refractivity contribution in [3.05, 3.63) is 27.2 Å². The molecule has 1 N–H and O–H groups in total. The van der Waals surface area contributed by atoms with E-state index in [2.05, 4.69) is 15.2 Å². The fourth-order valence-corrected chi connectivity index (χ4v) is 3.49. The van der Waals surface area contributed by atoms with Crippen molar-refractivity contribution in [1.82, 2.24) is 10.2 Å². The first-order chi connectivity index (χ1) is 13.4. The fourth-order valence-electron chi connectivity index (χ4n) is 2.13. The van der Waals surface area contributed by atoms with Crippen LogP contribution in [0.3, 0.4) is 0 Å². The molecule has 0 aliphatic carbocycles. The zero-order valence-corrected chi connectivity index (χ0v) is 16.4. The number of nitriles is 1. The summed E-state index contributed by atoms with van der Waals surface area (Å²) in [7, 11) is 0. The van der Waals surface area contributed by atoms with Gasteiger partial charge >= 0.3 is 11.7 Å². The van der Waals surface area contributed by atoms with Crippen LogP contribution in [0.1, 0.15) is 18.1 Å². The molecule has 1 aromatic heterocycles. The standard InChI is InChI=1S/C15H8Cl2F6N4OS/c1-2-28-5-25-13-12(29-15(21,22)23)11(26-27-13)9-8(16)3-7(14(18,19)20)6(4-24)10(9)17/h3,5H,2H2,1H3,(H,26,27). The molecule has 0 spiro atoms. The molecular formula is C15H8Cl2F6N4OS. The molecule has 5 nitrogen and oxygen atoms in total. The number of nitrogens with zero attached hydrogens (tertiary/aromatic N) is 3. The third-order valence-corrected chi connectivity index (χ3v) is 4.72. The van der Waals surface area contributed by atoms with Gasteiger partial charge in [-0.1, -0.05) is 23.2 Å². The number of thioether (sulfide) groups is 1. The van der Waals surface area contributed by atoms with Crippen molar-refractivity contribution in [2.75, 3.05) is 6.61 Å². The minimum atomic E-state index is -4.96. The van der Waals surface area contributed by atoms with E-state index in [1.807, 2.05) is 0 Å². The van der Waals surface area contributed by atoms with Crippen LogP contribution in [0.15, 0.2) is 16.0 Å². The minimum absolute atomic E-state index is 0.185. The molecule has 0 bridgehead atoms. The minimum Gasteiger partial charge on any atom is -0.483 e. The molecule has 1 aromatic carbocycles. The van der Waals surface area contributed by atoms with Crippen molar-refractivity contribution in [2.45, 2.75) is 23.5 Å². The number of aromatic nitrogens is 2. The number of nitrogens with one attached hydrogen (secondary N) is 1. The Morgan fingerprint density at radius 2 is 1.97 bits per heavy atom. The van der Waals surface area contributed by atoms with Crippen LogP contribution in [0, 0.1) is 11.3 Å². The second kappa shape index (κ2) is 8.73. The van der Waals surface area contributed by atoms with E-state index in [1.54, 1.807) is 6.92 Å². The van der Waals surface area contributed by atoms with Crippen LogP contribution in [0.25, 0.3) is 11.3 Å². The SMILES string of the molecule is CCOC=Nc1n[nH]c(-c2c(Cl)cc(C(F)(F)F)c(C#N)c2Cl)c1SC(F)(F)F. The molecule has 0 radical (unpaired) electrons. The van der Waals surface area contributed by atoms with Crippen molar-refractivity contribution < 1.29 is 31.1 Å². The molecule has 156 valence electrons. The van der Waals surface area contributed by atoms with Crippen LogP contribution in [-0.4, -0.2) is 28.7 Å². The number of H-pyrrole nitrogens is 1. The second-order valence-corrected chi connectivity index (χ2v) is 6.93. The molecular weight excluding hydrogens is 469 g/mol. The average molecular weight is 477 g/mol. The summed E-state index contributed by atoms with van der Waals surface area (Å²) in [6.45, 7) is 1.79. The highest BCUT2D eigenvalue weighted by Crippen LogP contribution is 2.50. The molecule has 0 unspecified atom stereocenters. The predicted molar refractivity (Wildman–Crippen MR) is 95.5 cm³/mol. The van der Waals surface area contributed by atoms with E-state index < -0.39 is 66.6 Å². The Labute approximate surface area is 173 Å². The summed E-state index contributed by atoms with van der Waals surface area (Å²) in [6, 6.07) is 1.71. The Hall–Kier alpha value is -2.10. The summed E-state index contributed by atoms with van der Waals surface area (Å²) >= 11 is 11.2. The molecule has 0 saturated carbocycles. The van der Waals surface area contributed by atoms with Gasteiger partial charge in [0.1, 0.15) is 6.07 Å². The van der Waals surface area contributed by atoms with Gasteiger partial charge in [0.05, 0.1) is 38.4 Å². The van der Waals surface area contributed by atoms with Crippen LogP contribution in [-0.2, 0) is 10.9 Å². The Morgan fingerprint density at radius 1 is 1.31 bits per heavy atom. The Morgan fingerprint density at radius 3 is 2.48 bits per heavy atom.